The van der Waals surface area contributed by atoms with Crippen LogP contribution in [0.2, 0.25) is 0 Å². The van der Waals surface area contributed by atoms with Crippen LogP contribution < -0.4 is 20.8 Å². The number of rotatable bonds is 10. The van der Waals surface area contributed by atoms with E-state index in [-0.39, 0.29) is 23.8 Å². The maximum atomic E-state index is 12.5. The molecule has 0 radical (unpaired) electrons. The Bertz CT molecular complexity index is 1260. The molecule has 1 aliphatic rings. The molecule has 4 rings (SSSR count). The van der Waals surface area contributed by atoms with E-state index in [1.165, 1.54) is 6.07 Å². The topological polar surface area (TPSA) is 129 Å². The lowest BCUT2D eigenvalue weighted by atomic mass is 10.1. The highest BCUT2D eigenvalue weighted by Crippen LogP contribution is 2.16. The number of benzene rings is 1. The monoisotopic (exact) mass is 494 g/mol. The fourth-order valence-electron chi connectivity index (χ4n) is 3.48. The van der Waals surface area contributed by atoms with E-state index in [1.807, 2.05) is 19.9 Å². The molecule has 11 nitrogen and oxygen atoms in total. The standard InChI is InChI=1S/C25H30N6O5/c1-17(2)12-26-25(34)36-21-5-3-4-18(10-21)11-22-23(32)6-9-31(29-22)20-13-27-30(14-20)8-7-24(33)28-19-15-35-16-19/h3-6,9-10,13-14,17,19H,7-8,11-12,15-16H2,1-2H3,(H,26,34)(H,28,33). The summed E-state index contributed by atoms with van der Waals surface area (Å²) in [6.07, 6.45) is 5.02. The SMILES string of the molecule is CC(C)CNC(=O)Oc1cccc(Cc2nn(-c3cnn(CCC(=O)NC4COC4)c3)ccc2=O)c1. The summed E-state index contributed by atoms with van der Waals surface area (Å²) >= 11 is 0. The summed E-state index contributed by atoms with van der Waals surface area (Å²) in [5.74, 6) is 0.655. The first-order valence-electron chi connectivity index (χ1n) is 11.9. The molecule has 190 valence electrons. The van der Waals surface area contributed by atoms with Gasteiger partial charge >= 0.3 is 6.09 Å². The highest BCUT2D eigenvalue weighted by molar-refractivity contribution is 5.76. The predicted octanol–water partition coefficient (Wildman–Crippen LogP) is 1.67. The van der Waals surface area contributed by atoms with E-state index in [0.29, 0.717) is 55.8 Å². The van der Waals surface area contributed by atoms with Gasteiger partial charge in [0.1, 0.15) is 17.1 Å². The van der Waals surface area contributed by atoms with Crippen LogP contribution in [0.1, 0.15) is 31.5 Å². The van der Waals surface area contributed by atoms with E-state index >= 15 is 0 Å². The van der Waals surface area contributed by atoms with Crippen molar-refractivity contribution in [2.75, 3.05) is 19.8 Å². The molecule has 0 bridgehead atoms. The van der Waals surface area contributed by atoms with E-state index < -0.39 is 6.09 Å². The molecule has 3 heterocycles. The normalized spacial score (nSPS) is 13.3. The molecule has 2 aromatic heterocycles. The molecule has 1 aliphatic heterocycles. The summed E-state index contributed by atoms with van der Waals surface area (Å²) in [5, 5.41) is 14.4. The van der Waals surface area contributed by atoms with E-state index in [9.17, 15) is 14.4 Å². The highest BCUT2D eigenvalue weighted by Gasteiger charge is 2.20. The van der Waals surface area contributed by atoms with Crippen molar-refractivity contribution < 1.29 is 19.1 Å². The number of hydrogen-bond acceptors (Lipinski definition) is 7. The van der Waals surface area contributed by atoms with Crippen LogP contribution >= 0.6 is 0 Å². The van der Waals surface area contributed by atoms with Crippen molar-refractivity contribution in [3.05, 3.63) is 70.4 Å². The molecule has 36 heavy (non-hydrogen) atoms. The smallest absolute Gasteiger partial charge is 0.410 e. The molecule has 1 fully saturated rings. The number of aromatic nitrogens is 4. The van der Waals surface area contributed by atoms with Crippen molar-refractivity contribution in [3.8, 4) is 11.4 Å². The van der Waals surface area contributed by atoms with Crippen molar-refractivity contribution in [2.45, 2.75) is 39.3 Å². The third-order valence-corrected chi connectivity index (χ3v) is 5.47. The summed E-state index contributed by atoms with van der Waals surface area (Å²) < 4.78 is 13.6. The first-order valence-corrected chi connectivity index (χ1v) is 11.9. The van der Waals surface area contributed by atoms with Crippen LogP contribution in [0.5, 0.6) is 5.75 Å². The molecule has 0 spiro atoms. The summed E-state index contributed by atoms with van der Waals surface area (Å²) in [6.45, 7) is 6.05. The van der Waals surface area contributed by atoms with Crippen LogP contribution in [0.3, 0.4) is 0 Å². The van der Waals surface area contributed by atoms with Gasteiger partial charge in [-0.3, -0.25) is 14.3 Å². The van der Waals surface area contributed by atoms with Crippen LogP contribution in [-0.2, 0) is 22.5 Å². The van der Waals surface area contributed by atoms with Crippen LogP contribution in [-0.4, -0.2) is 57.4 Å². The molecule has 0 saturated carbocycles. The van der Waals surface area contributed by atoms with Crippen LogP contribution in [0.25, 0.3) is 5.69 Å². The Hall–Kier alpha value is -3.99. The average molecular weight is 495 g/mol. The molecule has 0 unspecified atom stereocenters. The molecule has 3 aromatic rings. The van der Waals surface area contributed by atoms with Crippen molar-refractivity contribution in [1.29, 1.82) is 0 Å². The van der Waals surface area contributed by atoms with Gasteiger partial charge in [0.05, 0.1) is 31.6 Å². The van der Waals surface area contributed by atoms with E-state index in [1.54, 1.807) is 46.2 Å². The van der Waals surface area contributed by atoms with Gasteiger partial charge in [0.15, 0.2) is 0 Å². The quantitative estimate of drug-likeness (QED) is 0.439. The lowest BCUT2D eigenvalue weighted by molar-refractivity contribution is -0.125. The van der Waals surface area contributed by atoms with E-state index in [2.05, 4.69) is 20.8 Å². The summed E-state index contributed by atoms with van der Waals surface area (Å²) in [7, 11) is 0. The van der Waals surface area contributed by atoms with Crippen LogP contribution in [0.4, 0.5) is 4.79 Å². The first-order chi connectivity index (χ1) is 17.4. The summed E-state index contributed by atoms with van der Waals surface area (Å²) in [6, 6.07) is 8.56. The lowest BCUT2D eigenvalue weighted by Crippen LogP contribution is -2.48. The van der Waals surface area contributed by atoms with Gasteiger partial charge in [-0.05, 0) is 23.6 Å². The minimum absolute atomic E-state index is 0.0484. The molecule has 0 aliphatic carbocycles. The largest absolute Gasteiger partial charge is 0.412 e. The number of nitrogens with zero attached hydrogens (tertiary/aromatic N) is 4. The van der Waals surface area contributed by atoms with Gasteiger partial charge in [-0.25, -0.2) is 9.48 Å². The fourth-order valence-corrected chi connectivity index (χ4v) is 3.48. The Morgan fingerprint density at radius 1 is 1.25 bits per heavy atom. The van der Waals surface area contributed by atoms with E-state index in [0.717, 1.165) is 5.56 Å². The minimum Gasteiger partial charge on any atom is -0.410 e. The molecule has 1 saturated heterocycles. The predicted molar refractivity (Wildman–Crippen MR) is 131 cm³/mol. The molecule has 11 heteroatoms. The number of aryl methyl sites for hydroxylation is 1. The van der Waals surface area contributed by atoms with Gasteiger partial charge in [0, 0.05) is 38.2 Å². The molecule has 0 atom stereocenters. The molecular weight excluding hydrogens is 464 g/mol. The highest BCUT2D eigenvalue weighted by atomic mass is 16.6. The summed E-state index contributed by atoms with van der Waals surface area (Å²) in [5.41, 5.74) is 1.60. The van der Waals surface area contributed by atoms with Gasteiger partial charge in [-0.2, -0.15) is 10.2 Å². The first kappa shape index (κ1) is 25.1. The Labute approximate surface area is 208 Å². The number of carbonyl (C=O) groups excluding carboxylic acids is 2. The van der Waals surface area contributed by atoms with Gasteiger partial charge in [-0.1, -0.05) is 26.0 Å². The second-order valence-electron chi connectivity index (χ2n) is 9.07. The van der Waals surface area contributed by atoms with Crippen LogP contribution in [0, 0.1) is 5.92 Å². The van der Waals surface area contributed by atoms with Gasteiger partial charge < -0.3 is 20.1 Å². The zero-order valence-corrected chi connectivity index (χ0v) is 20.3. The number of hydrogen-bond donors (Lipinski definition) is 2. The number of ether oxygens (including phenoxy) is 2. The van der Waals surface area contributed by atoms with Crippen molar-refractivity contribution >= 4 is 12.0 Å². The fraction of sp³-hybridized carbons (Fsp3) is 0.400. The third kappa shape index (κ3) is 7.01. The number of carbonyl (C=O) groups is 2. The second-order valence-corrected chi connectivity index (χ2v) is 9.07. The zero-order valence-electron chi connectivity index (χ0n) is 20.3. The Morgan fingerprint density at radius 2 is 2.08 bits per heavy atom. The molecule has 2 amide bonds. The van der Waals surface area contributed by atoms with Crippen molar-refractivity contribution in [1.82, 2.24) is 30.2 Å². The minimum atomic E-state index is -0.521. The Morgan fingerprint density at radius 3 is 2.83 bits per heavy atom. The average Bonchev–Trinajstić information content (AvgIpc) is 3.29. The zero-order chi connectivity index (χ0) is 25.5. The molecular formula is C25H30N6O5. The van der Waals surface area contributed by atoms with Crippen molar-refractivity contribution in [2.24, 2.45) is 5.92 Å². The second kappa shape index (κ2) is 11.6. The molecule has 2 N–H and O–H groups in total. The van der Waals surface area contributed by atoms with Gasteiger partial charge in [-0.15, -0.1) is 0 Å². The lowest BCUT2D eigenvalue weighted by Gasteiger charge is -2.26. The maximum absolute atomic E-state index is 12.5. The Balaban J connectivity index is 1.38. The van der Waals surface area contributed by atoms with Gasteiger partial charge in [0.25, 0.3) is 0 Å². The Kier molecular flexibility index (Phi) is 8.11. The van der Waals surface area contributed by atoms with Crippen molar-refractivity contribution in [3.63, 3.8) is 0 Å². The van der Waals surface area contributed by atoms with Gasteiger partial charge in [0.2, 0.25) is 11.3 Å². The van der Waals surface area contributed by atoms with E-state index in [4.69, 9.17) is 9.47 Å². The number of nitrogens with one attached hydrogen (secondary N) is 2. The molecule has 1 aromatic carbocycles. The third-order valence-electron chi connectivity index (χ3n) is 5.47. The summed E-state index contributed by atoms with van der Waals surface area (Å²) in [4.78, 5) is 36.4. The van der Waals surface area contributed by atoms with Crippen LogP contribution in [0.15, 0.2) is 53.7 Å². The maximum Gasteiger partial charge on any atom is 0.412 e. The number of amides is 2.